The second-order valence-electron chi connectivity index (χ2n) is 10.0. The van der Waals surface area contributed by atoms with Crippen LogP contribution in [0.5, 0.6) is 0 Å². The molecular formula is C29H44O2. The molecule has 0 amide bonds. The Bertz CT molecular complexity index is 690. The minimum absolute atomic E-state index is 0.110. The summed E-state index contributed by atoms with van der Waals surface area (Å²) >= 11 is 0. The van der Waals surface area contributed by atoms with Gasteiger partial charge in [0.1, 0.15) is 6.10 Å². The third-order valence-corrected chi connectivity index (χ3v) is 7.91. The molecule has 2 aliphatic carbocycles. The summed E-state index contributed by atoms with van der Waals surface area (Å²) in [5.41, 5.74) is 3.42. The van der Waals surface area contributed by atoms with E-state index in [9.17, 15) is 4.79 Å². The fourth-order valence-electron chi connectivity index (χ4n) is 5.57. The smallest absolute Gasteiger partial charge is 0.338 e. The summed E-state index contributed by atoms with van der Waals surface area (Å²) in [5.74, 6) is 2.45. The molecule has 0 heterocycles. The number of hydrogen-bond acceptors (Lipinski definition) is 2. The number of carbonyl (C=O) groups excluding carboxylic acids is 1. The molecule has 1 saturated carbocycles. The van der Waals surface area contributed by atoms with Crippen molar-refractivity contribution in [1.82, 2.24) is 0 Å². The quantitative estimate of drug-likeness (QED) is 0.351. The number of rotatable bonds is 10. The van der Waals surface area contributed by atoms with Gasteiger partial charge in [-0.25, -0.2) is 4.79 Å². The number of hydrogen-bond donors (Lipinski definition) is 0. The Morgan fingerprint density at radius 1 is 0.935 bits per heavy atom. The van der Waals surface area contributed by atoms with Crippen LogP contribution in [0.25, 0.3) is 5.57 Å². The Morgan fingerprint density at radius 3 is 2.23 bits per heavy atom. The standard InChI is InChI=1S/C29H44O2/c1-4-7-23-12-20-28(21-13-23)31-29(30)27-18-16-26(17-19-27)25-14-10-24(11-15-25)9-8-22(5-2)6-3/h14,16-19,22-24,28H,4-13,15,20-21H2,1-3H3. The molecule has 1 aromatic carbocycles. The van der Waals surface area contributed by atoms with Gasteiger partial charge in [-0.05, 0) is 92.4 Å². The SMILES string of the molecule is CCCC1CCC(OC(=O)c2ccc(C3=CCC(CCC(CC)CC)CC3)cc2)CC1. The molecule has 0 N–H and O–H groups in total. The lowest BCUT2D eigenvalue weighted by atomic mass is 9.82. The topological polar surface area (TPSA) is 26.3 Å². The Morgan fingerprint density at radius 2 is 1.65 bits per heavy atom. The maximum Gasteiger partial charge on any atom is 0.338 e. The third-order valence-electron chi connectivity index (χ3n) is 7.91. The molecule has 1 unspecified atom stereocenters. The van der Waals surface area contributed by atoms with Crippen molar-refractivity contribution in [3.63, 3.8) is 0 Å². The predicted molar refractivity (Wildman–Crippen MR) is 131 cm³/mol. The van der Waals surface area contributed by atoms with Gasteiger partial charge in [0.15, 0.2) is 0 Å². The number of benzene rings is 1. The summed E-state index contributed by atoms with van der Waals surface area (Å²) in [6.45, 7) is 6.90. The van der Waals surface area contributed by atoms with Crippen LogP contribution in [0.2, 0.25) is 0 Å². The average Bonchev–Trinajstić information content (AvgIpc) is 2.82. The van der Waals surface area contributed by atoms with Gasteiger partial charge in [0, 0.05) is 0 Å². The Balaban J connectivity index is 1.46. The zero-order chi connectivity index (χ0) is 22.1. The highest BCUT2D eigenvalue weighted by atomic mass is 16.5. The summed E-state index contributed by atoms with van der Waals surface area (Å²) in [6.07, 6.45) is 18.7. The first-order valence-corrected chi connectivity index (χ1v) is 13.1. The molecule has 0 radical (unpaired) electrons. The lowest BCUT2D eigenvalue weighted by Gasteiger charge is -2.28. The average molecular weight is 425 g/mol. The van der Waals surface area contributed by atoms with Gasteiger partial charge in [0.05, 0.1) is 5.56 Å². The Kier molecular flexibility index (Phi) is 9.68. The van der Waals surface area contributed by atoms with Crippen LogP contribution >= 0.6 is 0 Å². The maximum atomic E-state index is 12.6. The van der Waals surface area contributed by atoms with Gasteiger partial charge in [-0.2, -0.15) is 0 Å². The van der Waals surface area contributed by atoms with E-state index in [1.807, 2.05) is 12.1 Å². The van der Waals surface area contributed by atoms with Crippen LogP contribution in [0.4, 0.5) is 0 Å². The van der Waals surface area contributed by atoms with E-state index in [2.05, 4.69) is 39.0 Å². The van der Waals surface area contributed by atoms with Gasteiger partial charge >= 0.3 is 5.97 Å². The van der Waals surface area contributed by atoms with Crippen LogP contribution in [0, 0.1) is 17.8 Å². The second-order valence-corrected chi connectivity index (χ2v) is 10.0. The molecule has 0 aromatic heterocycles. The van der Waals surface area contributed by atoms with Gasteiger partial charge in [0.2, 0.25) is 0 Å². The van der Waals surface area contributed by atoms with Crippen LogP contribution in [0.3, 0.4) is 0 Å². The van der Waals surface area contributed by atoms with Crippen molar-refractivity contribution in [2.45, 2.75) is 110 Å². The summed E-state index contributed by atoms with van der Waals surface area (Å²) in [6, 6.07) is 8.15. The Labute approximate surface area is 190 Å². The molecule has 2 aliphatic rings. The molecule has 0 saturated heterocycles. The van der Waals surface area contributed by atoms with Crippen LogP contribution in [0.15, 0.2) is 30.3 Å². The largest absolute Gasteiger partial charge is 0.459 e. The molecule has 3 rings (SSSR count). The van der Waals surface area contributed by atoms with Crippen molar-refractivity contribution < 1.29 is 9.53 Å². The van der Waals surface area contributed by atoms with Gasteiger partial charge in [-0.1, -0.05) is 71.1 Å². The highest BCUT2D eigenvalue weighted by molar-refractivity contribution is 5.90. The number of allylic oxidation sites excluding steroid dienone is 2. The van der Waals surface area contributed by atoms with E-state index in [0.717, 1.165) is 30.6 Å². The van der Waals surface area contributed by atoms with Crippen molar-refractivity contribution in [3.05, 3.63) is 41.5 Å². The predicted octanol–water partition coefficient (Wildman–Crippen LogP) is 8.60. The van der Waals surface area contributed by atoms with E-state index in [0.29, 0.717) is 5.56 Å². The molecular weight excluding hydrogens is 380 g/mol. The molecule has 0 bridgehead atoms. The first kappa shape index (κ1) is 24.1. The molecule has 31 heavy (non-hydrogen) atoms. The van der Waals surface area contributed by atoms with Crippen LogP contribution in [-0.4, -0.2) is 12.1 Å². The first-order valence-electron chi connectivity index (χ1n) is 13.1. The fourth-order valence-corrected chi connectivity index (χ4v) is 5.57. The molecule has 2 nitrogen and oxygen atoms in total. The monoisotopic (exact) mass is 424 g/mol. The van der Waals surface area contributed by atoms with Crippen molar-refractivity contribution in [2.75, 3.05) is 0 Å². The van der Waals surface area contributed by atoms with Crippen molar-refractivity contribution in [2.24, 2.45) is 17.8 Å². The third kappa shape index (κ3) is 7.22. The molecule has 0 spiro atoms. The van der Waals surface area contributed by atoms with Gasteiger partial charge < -0.3 is 4.74 Å². The molecule has 2 heteroatoms. The first-order chi connectivity index (χ1) is 15.1. The molecule has 172 valence electrons. The summed E-state index contributed by atoms with van der Waals surface area (Å²) < 4.78 is 5.81. The highest BCUT2D eigenvalue weighted by Crippen LogP contribution is 2.34. The van der Waals surface area contributed by atoms with Gasteiger partial charge in [0.25, 0.3) is 0 Å². The van der Waals surface area contributed by atoms with E-state index in [1.165, 1.54) is 81.8 Å². The maximum absolute atomic E-state index is 12.6. The number of esters is 1. The zero-order valence-electron chi connectivity index (χ0n) is 20.2. The molecule has 1 atom stereocenters. The summed E-state index contributed by atoms with van der Waals surface area (Å²) in [5, 5.41) is 0. The van der Waals surface area contributed by atoms with Crippen molar-refractivity contribution >= 4 is 11.5 Å². The van der Waals surface area contributed by atoms with E-state index >= 15 is 0 Å². The Hall–Kier alpha value is -1.57. The zero-order valence-corrected chi connectivity index (χ0v) is 20.2. The van der Waals surface area contributed by atoms with E-state index in [1.54, 1.807) is 0 Å². The van der Waals surface area contributed by atoms with Crippen LogP contribution in [0.1, 0.15) is 120 Å². The van der Waals surface area contributed by atoms with E-state index < -0.39 is 0 Å². The van der Waals surface area contributed by atoms with Gasteiger partial charge in [-0.15, -0.1) is 0 Å². The molecule has 1 aromatic rings. The normalized spacial score (nSPS) is 24.1. The van der Waals surface area contributed by atoms with Gasteiger partial charge in [-0.3, -0.25) is 0 Å². The summed E-state index contributed by atoms with van der Waals surface area (Å²) in [7, 11) is 0. The number of ether oxygens (including phenoxy) is 1. The lowest BCUT2D eigenvalue weighted by Crippen LogP contribution is -2.24. The summed E-state index contributed by atoms with van der Waals surface area (Å²) in [4.78, 5) is 12.6. The van der Waals surface area contributed by atoms with Crippen molar-refractivity contribution in [1.29, 1.82) is 0 Å². The molecule has 0 aliphatic heterocycles. The van der Waals surface area contributed by atoms with Crippen LogP contribution in [-0.2, 0) is 4.74 Å². The second kappa shape index (κ2) is 12.5. The minimum Gasteiger partial charge on any atom is -0.459 e. The minimum atomic E-state index is -0.149. The number of carbonyl (C=O) groups is 1. The lowest BCUT2D eigenvalue weighted by molar-refractivity contribution is 0.0161. The molecule has 1 fully saturated rings. The van der Waals surface area contributed by atoms with E-state index in [4.69, 9.17) is 4.74 Å². The van der Waals surface area contributed by atoms with Crippen molar-refractivity contribution in [3.8, 4) is 0 Å². The fraction of sp³-hybridized carbons (Fsp3) is 0.690. The van der Waals surface area contributed by atoms with E-state index in [-0.39, 0.29) is 12.1 Å². The highest BCUT2D eigenvalue weighted by Gasteiger charge is 2.24. The van der Waals surface area contributed by atoms with Crippen LogP contribution < -0.4 is 0 Å².